The Balaban J connectivity index is 1.79. The van der Waals surface area contributed by atoms with Crippen molar-refractivity contribution in [3.63, 3.8) is 0 Å². The Morgan fingerprint density at radius 3 is 2.94 bits per heavy atom. The molecule has 1 N–H and O–H groups in total. The Bertz CT molecular complexity index is 367. The van der Waals surface area contributed by atoms with Crippen LogP contribution < -0.4 is 5.32 Å². The van der Waals surface area contributed by atoms with Crippen LogP contribution in [0.25, 0.3) is 0 Å². The number of nitrogens with one attached hydrogen (secondary N) is 1. The zero-order valence-corrected chi connectivity index (χ0v) is 12.3. The number of hydrogen-bond donors (Lipinski definition) is 1. The molecule has 0 bridgehead atoms. The van der Waals surface area contributed by atoms with Gasteiger partial charge in [-0.2, -0.15) is 0 Å². The smallest absolute Gasteiger partial charge is 0.146 e. The summed E-state index contributed by atoms with van der Waals surface area (Å²) in [5, 5.41) is 14.1. The fourth-order valence-electron chi connectivity index (χ4n) is 2.08. The van der Waals surface area contributed by atoms with Gasteiger partial charge in [-0.15, -0.1) is 10.2 Å². The first-order chi connectivity index (χ1) is 8.66. The second-order valence-electron chi connectivity index (χ2n) is 5.44. The summed E-state index contributed by atoms with van der Waals surface area (Å²) in [5.74, 6) is 1.27. The van der Waals surface area contributed by atoms with Gasteiger partial charge >= 0.3 is 0 Å². The fraction of sp³-hybridized carbons (Fsp3) is 0.846. The molecule has 1 aromatic heterocycles. The second-order valence-corrected chi connectivity index (χ2v) is 6.53. The molecule has 0 aliphatic carbocycles. The minimum absolute atomic E-state index is 0.180. The summed E-state index contributed by atoms with van der Waals surface area (Å²) < 4.78 is 5.71. The van der Waals surface area contributed by atoms with Crippen LogP contribution in [-0.2, 0) is 11.2 Å². The van der Waals surface area contributed by atoms with Crippen LogP contribution in [0.15, 0.2) is 0 Å². The molecule has 1 aromatic rings. The van der Waals surface area contributed by atoms with Gasteiger partial charge < -0.3 is 10.1 Å². The van der Waals surface area contributed by atoms with E-state index < -0.39 is 0 Å². The first kappa shape index (κ1) is 13.9. The molecular weight excluding hydrogens is 246 g/mol. The summed E-state index contributed by atoms with van der Waals surface area (Å²) in [7, 11) is 0. The van der Waals surface area contributed by atoms with Gasteiger partial charge in [-0.1, -0.05) is 32.1 Å². The lowest BCUT2D eigenvalue weighted by Crippen LogP contribution is -2.22. The first-order valence-corrected chi connectivity index (χ1v) is 7.63. The molecule has 4 nitrogen and oxygen atoms in total. The van der Waals surface area contributed by atoms with Gasteiger partial charge in [0.05, 0.1) is 0 Å². The Labute approximate surface area is 113 Å². The van der Waals surface area contributed by atoms with Gasteiger partial charge in [0.25, 0.3) is 0 Å². The van der Waals surface area contributed by atoms with E-state index >= 15 is 0 Å². The molecule has 2 rings (SSSR count). The van der Waals surface area contributed by atoms with Crippen LogP contribution in [0, 0.1) is 11.8 Å². The van der Waals surface area contributed by atoms with Crippen molar-refractivity contribution < 1.29 is 4.74 Å². The second kappa shape index (κ2) is 6.59. The molecule has 1 aliphatic heterocycles. The fourth-order valence-corrected chi connectivity index (χ4v) is 3.11. The zero-order chi connectivity index (χ0) is 13.0. The van der Waals surface area contributed by atoms with E-state index in [0.29, 0.717) is 11.8 Å². The Morgan fingerprint density at radius 2 is 2.28 bits per heavy atom. The third kappa shape index (κ3) is 3.73. The van der Waals surface area contributed by atoms with E-state index in [2.05, 4.69) is 36.3 Å². The predicted octanol–water partition coefficient (Wildman–Crippen LogP) is 2.42. The molecule has 2 heterocycles. The standard InChI is InChI=1S/C13H23N3OS/c1-9(2)8-14-6-4-11-15-16-13(18-11)12-10(3)5-7-17-12/h9-10,12,14H,4-8H2,1-3H3. The van der Waals surface area contributed by atoms with E-state index in [-0.39, 0.29) is 6.10 Å². The number of nitrogens with zero attached hydrogens (tertiary/aromatic N) is 2. The highest BCUT2D eigenvalue weighted by Gasteiger charge is 2.28. The summed E-state index contributed by atoms with van der Waals surface area (Å²) in [6, 6.07) is 0. The highest BCUT2D eigenvalue weighted by molar-refractivity contribution is 7.11. The summed E-state index contributed by atoms with van der Waals surface area (Å²) in [4.78, 5) is 0. The van der Waals surface area contributed by atoms with Gasteiger partial charge in [0.15, 0.2) is 0 Å². The first-order valence-electron chi connectivity index (χ1n) is 6.81. The molecule has 1 saturated heterocycles. The van der Waals surface area contributed by atoms with Gasteiger partial charge in [-0.25, -0.2) is 0 Å². The molecule has 102 valence electrons. The van der Waals surface area contributed by atoms with Crippen LogP contribution in [0.1, 0.15) is 43.3 Å². The van der Waals surface area contributed by atoms with Gasteiger partial charge in [0, 0.05) is 19.6 Å². The summed E-state index contributed by atoms with van der Waals surface area (Å²) >= 11 is 1.71. The van der Waals surface area contributed by atoms with E-state index in [9.17, 15) is 0 Å². The average Bonchev–Trinajstić information content (AvgIpc) is 2.92. The van der Waals surface area contributed by atoms with E-state index in [4.69, 9.17) is 4.74 Å². The maximum atomic E-state index is 5.71. The van der Waals surface area contributed by atoms with E-state index in [1.807, 2.05) is 0 Å². The molecule has 18 heavy (non-hydrogen) atoms. The van der Waals surface area contributed by atoms with Gasteiger partial charge in [0.1, 0.15) is 16.1 Å². The maximum absolute atomic E-state index is 5.71. The Kier molecular flexibility index (Phi) is 5.09. The van der Waals surface area contributed by atoms with Gasteiger partial charge in [0.2, 0.25) is 0 Å². The molecule has 1 aliphatic rings. The SMILES string of the molecule is CC(C)CNCCc1nnc(C2OCCC2C)s1. The molecular formula is C13H23N3OS. The van der Waals surface area contributed by atoms with Crippen molar-refractivity contribution in [2.24, 2.45) is 11.8 Å². The number of aromatic nitrogens is 2. The van der Waals surface area contributed by atoms with Crippen molar-refractivity contribution in [3.8, 4) is 0 Å². The molecule has 0 saturated carbocycles. The minimum Gasteiger partial charge on any atom is -0.371 e. The summed E-state index contributed by atoms with van der Waals surface area (Å²) in [5.41, 5.74) is 0. The molecule has 2 unspecified atom stereocenters. The van der Waals surface area contributed by atoms with Crippen LogP contribution in [0.2, 0.25) is 0 Å². The molecule has 1 fully saturated rings. The normalized spacial score (nSPS) is 24.0. The molecule has 5 heteroatoms. The lowest BCUT2D eigenvalue weighted by Gasteiger charge is -2.09. The van der Waals surface area contributed by atoms with Crippen molar-refractivity contribution >= 4 is 11.3 Å². The van der Waals surface area contributed by atoms with Crippen LogP contribution in [0.4, 0.5) is 0 Å². The van der Waals surface area contributed by atoms with Crippen LogP contribution in [-0.4, -0.2) is 29.9 Å². The number of ether oxygens (including phenoxy) is 1. The Hall–Kier alpha value is -0.520. The topological polar surface area (TPSA) is 47.0 Å². The van der Waals surface area contributed by atoms with Crippen LogP contribution in [0.5, 0.6) is 0 Å². The van der Waals surface area contributed by atoms with E-state index in [0.717, 1.165) is 42.6 Å². The minimum atomic E-state index is 0.180. The molecule has 0 amide bonds. The lowest BCUT2D eigenvalue weighted by atomic mass is 10.1. The van der Waals surface area contributed by atoms with E-state index in [1.54, 1.807) is 11.3 Å². The van der Waals surface area contributed by atoms with Gasteiger partial charge in [-0.05, 0) is 24.8 Å². The van der Waals surface area contributed by atoms with Crippen LogP contribution in [0.3, 0.4) is 0 Å². The summed E-state index contributed by atoms with van der Waals surface area (Å²) in [6.45, 7) is 9.56. The number of hydrogen-bond acceptors (Lipinski definition) is 5. The van der Waals surface area contributed by atoms with Crippen molar-refractivity contribution in [3.05, 3.63) is 10.0 Å². The molecule has 0 aromatic carbocycles. The van der Waals surface area contributed by atoms with Crippen molar-refractivity contribution in [1.82, 2.24) is 15.5 Å². The third-order valence-corrected chi connectivity index (χ3v) is 4.23. The maximum Gasteiger partial charge on any atom is 0.146 e. The molecule has 2 atom stereocenters. The Morgan fingerprint density at radius 1 is 1.44 bits per heavy atom. The van der Waals surface area contributed by atoms with Gasteiger partial charge in [-0.3, -0.25) is 0 Å². The molecule has 0 radical (unpaired) electrons. The largest absolute Gasteiger partial charge is 0.371 e. The van der Waals surface area contributed by atoms with Crippen molar-refractivity contribution in [2.75, 3.05) is 19.7 Å². The number of rotatable bonds is 6. The highest BCUT2D eigenvalue weighted by atomic mass is 32.1. The highest BCUT2D eigenvalue weighted by Crippen LogP contribution is 2.35. The monoisotopic (exact) mass is 269 g/mol. The predicted molar refractivity (Wildman–Crippen MR) is 73.8 cm³/mol. The van der Waals surface area contributed by atoms with Crippen LogP contribution >= 0.6 is 11.3 Å². The average molecular weight is 269 g/mol. The molecule has 0 spiro atoms. The van der Waals surface area contributed by atoms with Crippen molar-refractivity contribution in [1.29, 1.82) is 0 Å². The quantitative estimate of drug-likeness (QED) is 0.806. The third-order valence-electron chi connectivity index (χ3n) is 3.18. The van der Waals surface area contributed by atoms with Crippen molar-refractivity contribution in [2.45, 2.75) is 39.7 Å². The zero-order valence-electron chi connectivity index (χ0n) is 11.5. The van der Waals surface area contributed by atoms with E-state index in [1.165, 1.54) is 0 Å². The lowest BCUT2D eigenvalue weighted by molar-refractivity contribution is 0.0937. The summed E-state index contributed by atoms with van der Waals surface area (Å²) in [6.07, 6.45) is 2.28.